The Morgan fingerprint density at radius 1 is 0.933 bits per heavy atom. The number of carbonyl (C=O) groups is 1. The second kappa shape index (κ2) is 7.36. The minimum absolute atomic E-state index is 0.323. The highest BCUT2D eigenvalue weighted by molar-refractivity contribution is 6.10. The highest BCUT2D eigenvalue weighted by atomic mass is 16.4. The molecule has 30 heavy (non-hydrogen) atoms. The number of amides is 2. The summed E-state index contributed by atoms with van der Waals surface area (Å²) in [7, 11) is 0. The number of urea groups is 1. The standard InChI is InChI=1S/C23H19N5O2/c1-2-28-20-9-4-3-8-18(20)19-13-17(10-11-21(19)28)26-23(29)25-16-7-5-6-15(12-16)22-27-24-14-30-22/h3-14H,2H2,1H3,(H2,25,26,29). The number of carbonyl (C=O) groups excluding carboxylic acids is 1. The summed E-state index contributed by atoms with van der Waals surface area (Å²) in [6.45, 7) is 3.02. The van der Waals surface area contributed by atoms with Crippen molar-refractivity contribution in [3.8, 4) is 11.5 Å². The summed E-state index contributed by atoms with van der Waals surface area (Å²) >= 11 is 0. The molecule has 0 aliphatic heterocycles. The molecule has 0 saturated carbocycles. The van der Waals surface area contributed by atoms with E-state index in [9.17, 15) is 4.79 Å². The Morgan fingerprint density at radius 2 is 1.73 bits per heavy atom. The van der Waals surface area contributed by atoms with Crippen molar-refractivity contribution in [2.45, 2.75) is 13.5 Å². The second-order valence-corrected chi connectivity index (χ2v) is 6.90. The Hall–Kier alpha value is -4.13. The molecule has 0 atom stereocenters. The van der Waals surface area contributed by atoms with Crippen LogP contribution in [0.3, 0.4) is 0 Å². The van der Waals surface area contributed by atoms with E-state index in [4.69, 9.17) is 4.42 Å². The normalized spacial score (nSPS) is 11.1. The third kappa shape index (κ3) is 3.16. The largest absolute Gasteiger partial charge is 0.423 e. The van der Waals surface area contributed by atoms with Crippen LogP contribution < -0.4 is 10.6 Å². The Balaban J connectivity index is 1.40. The first-order valence-corrected chi connectivity index (χ1v) is 9.68. The Morgan fingerprint density at radius 3 is 2.53 bits per heavy atom. The van der Waals surface area contributed by atoms with Gasteiger partial charge in [0.2, 0.25) is 12.3 Å². The van der Waals surface area contributed by atoms with Crippen LogP contribution in [0.5, 0.6) is 0 Å². The third-order valence-corrected chi connectivity index (χ3v) is 5.07. The van der Waals surface area contributed by atoms with E-state index in [2.05, 4.69) is 44.5 Å². The summed E-state index contributed by atoms with van der Waals surface area (Å²) in [5, 5.41) is 15.6. The average Bonchev–Trinajstić information content (AvgIpc) is 3.40. The predicted octanol–water partition coefficient (Wildman–Crippen LogP) is 5.51. The third-order valence-electron chi connectivity index (χ3n) is 5.07. The quantitative estimate of drug-likeness (QED) is 0.419. The van der Waals surface area contributed by atoms with Gasteiger partial charge in [0.25, 0.3) is 0 Å². The zero-order chi connectivity index (χ0) is 20.5. The van der Waals surface area contributed by atoms with Crippen molar-refractivity contribution >= 4 is 39.2 Å². The van der Waals surface area contributed by atoms with Gasteiger partial charge in [-0.2, -0.15) is 0 Å². The number of aryl methyl sites for hydroxylation is 1. The van der Waals surface area contributed by atoms with Crippen LogP contribution in [0, 0.1) is 0 Å². The van der Waals surface area contributed by atoms with Crippen LogP contribution in [0.25, 0.3) is 33.3 Å². The molecule has 5 aromatic rings. The van der Waals surface area contributed by atoms with E-state index in [1.165, 1.54) is 17.3 Å². The maximum Gasteiger partial charge on any atom is 0.323 e. The van der Waals surface area contributed by atoms with Gasteiger partial charge in [0.1, 0.15) is 0 Å². The summed E-state index contributed by atoms with van der Waals surface area (Å²) in [5.74, 6) is 0.400. The van der Waals surface area contributed by atoms with Gasteiger partial charge in [-0.1, -0.05) is 24.3 Å². The van der Waals surface area contributed by atoms with Gasteiger partial charge in [0, 0.05) is 45.3 Å². The molecular formula is C23H19N5O2. The number of hydrogen-bond donors (Lipinski definition) is 2. The molecule has 0 aliphatic carbocycles. The summed E-state index contributed by atoms with van der Waals surface area (Å²) in [6, 6.07) is 21.2. The van der Waals surface area contributed by atoms with Crippen molar-refractivity contribution in [2.75, 3.05) is 10.6 Å². The van der Waals surface area contributed by atoms with Crippen LogP contribution in [-0.2, 0) is 6.54 Å². The zero-order valence-electron chi connectivity index (χ0n) is 16.3. The number of fused-ring (bicyclic) bond motifs is 3. The van der Waals surface area contributed by atoms with Gasteiger partial charge in [-0.05, 0) is 49.4 Å². The van der Waals surface area contributed by atoms with Gasteiger partial charge in [0.05, 0.1) is 0 Å². The first kappa shape index (κ1) is 17.9. The van der Waals surface area contributed by atoms with Crippen molar-refractivity contribution in [3.63, 3.8) is 0 Å². The molecule has 0 spiro atoms. The fraction of sp³-hybridized carbons (Fsp3) is 0.0870. The molecule has 7 nitrogen and oxygen atoms in total. The monoisotopic (exact) mass is 397 g/mol. The maximum absolute atomic E-state index is 12.6. The van der Waals surface area contributed by atoms with E-state index in [0.29, 0.717) is 11.6 Å². The van der Waals surface area contributed by atoms with Gasteiger partial charge >= 0.3 is 6.03 Å². The Labute approximate surface area is 172 Å². The molecule has 0 saturated heterocycles. The number of anilines is 2. The van der Waals surface area contributed by atoms with Crippen molar-refractivity contribution in [3.05, 3.63) is 73.1 Å². The topological polar surface area (TPSA) is 85.0 Å². The van der Waals surface area contributed by atoms with Crippen LogP contribution in [0.1, 0.15) is 6.92 Å². The minimum atomic E-state index is -0.323. The number of hydrogen-bond acceptors (Lipinski definition) is 4. The Kier molecular flexibility index (Phi) is 4.40. The molecule has 3 aromatic carbocycles. The van der Waals surface area contributed by atoms with Crippen LogP contribution in [0.15, 0.2) is 77.5 Å². The molecule has 148 valence electrons. The van der Waals surface area contributed by atoms with Gasteiger partial charge < -0.3 is 19.6 Å². The van der Waals surface area contributed by atoms with E-state index >= 15 is 0 Å². The lowest BCUT2D eigenvalue weighted by molar-refractivity contribution is 0.262. The number of nitrogens with one attached hydrogen (secondary N) is 2. The molecule has 7 heteroatoms. The second-order valence-electron chi connectivity index (χ2n) is 6.90. The molecule has 0 bridgehead atoms. The summed E-state index contributed by atoms with van der Waals surface area (Å²) in [5.41, 5.74) is 4.43. The van der Waals surface area contributed by atoms with Gasteiger partial charge in [0.15, 0.2) is 0 Å². The highest BCUT2D eigenvalue weighted by Gasteiger charge is 2.11. The van der Waals surface area contributed by atoms with Crippen LogP contribution in [0.2, 0.25) is 0 Å². The summed E-state index contributed by atoms with van der Waals surface area (Å²) in [4.78, 5) is 12.6. The van der Waals surface area contributed by atoms with Crippen LogP contribution in [0.4, 0.5) is 16.2 Å². The summed E-state index contributed by atoms with van der Waals surface area (Å²) < 4.78 is 7.49. The molecular weight excluding hydrogens is 378 g/mol. The number of rotatable bonds is 4. The molecule has 0 radical (unpaired) electrons. The van der Waals surface area contributed by atoms with Gasteiger partial charge in [-0.3, -0.25) is 0 Å². The van der Waals surface area contributed by atoms with E-state index in [1.54, 1.807) is 12.1 Å². The van der Waals surface area contributed by atoms with E-state index in [-0.39, 0.29) is 6.03 Å². The van der Waals surface area contributed by atoms with Crippen LogP contribution in [-0.4, -0.2) is 20.8 Å². The SMILES string of the molecule is CCn1c2ccccc2c2cc(NC(=O)Nc3cccc(-c4nnco4)c3)ccc21. The number of para-hydroxylation sites is 1. The van der Waals surface area contributed by atoms with Gasteiger partial charge in [-0.15, -0.1) is 10.2 Å². The lowest BCUT2D eigenvalue weighted by atomic mass is 10.1. The molecule has 2 amide bonds. The molecule has 5 rings (SSSR count). The van der Waals surface area contributed by atoms with Crippen molar-refractivity contribution in [2.24, 2.45) is 0 Å². The highest BCUT2D eigenvalue weighted by Crippen LogP contribution is 2.31. The lowest BCUT2D eigenvalue weighted by Crippen LogP contribution is -2.19. The number of aromatic nitrogens is 3. The molecule has 0 aliphatic rings. The van der Waals surface area contributed by atoms with Crippen molar-refractivity contribution < 1.29 is 9.21 Å². The summed E-state index contributed by atoms with van der Waals surface area (Å²) in [6.07, 6.45) is 1.27. The fourth-order valence-electron chi connectivity index (χ4n) is 3.79. The number of benzene rings is 3. The zero-order valence-corrected chi connectivity index (χ0v) is 16.3. The molecule has 0 fully saturated rings. The average molecular weight is 397 g/mol. The lowest BCUT2D eigenvalue weighted by Gasteiger charge is -2.09. The van der Waals surface area contributed by atoms with Crippen molar-refractivity contribution in [1.29, 1.82) is 0 Å². The molecule has 2 heterocycles. The van der Waals surface area contributed by atoms with Gasteiger partial charge in [-0.25, -0.2) is 4.79 Å². The molecule has 0 unspecified atom stereocenters. The molecule has 2 aromatic heterocycles. The van der Waals surface area contributed by atoms with E-state index in [1.807, 2.05) is 42.5 Å². The smallest absolute Gasteiger partial charge is 0.323 e. The van der Waals surface area contributed by atoms with Crippen molar-refractivity contribution in [1.82, 2.24) is 14.8 Å². The fourth-order valence-corrected chi connectivity index (χ4v) is 3.79. The molecule has 2 N–H and O–H groups in total. The van der Waals surface area contributed by atoms with Crippen LogP contribution >= 0.6 is 0 Å². The Bertz CT molecular complexity index is 1360. The maximum atomic E-state index is 12.6. The predicted molar refractivity (Wildman–Crippen MR) is 117 cm³/mol. The first-order valence-electron chi connectivity index (χ1n) is 9.68. The number of nitrogens with zero attached hydrogens (tertiary/aromatic N) is 3. The minimum Gasteiger partial charge on any atom is -0.423 e. The van der Waals surface area contributed by atoms with E-state index in [0.717, 1.165) is 28.7 Å². The first-order chi connectivity index (χ1) is 14.7. The van der Waals surface area contributed by atoms with E-state index < -0.39 is 0 Å².